The maximum atomic E-state index is 13.4. The number of benzene rings is 2. The van der Waals surface area contributed by atoms with E-state index in [4.69, 9.17) is 4.74 Å². The average Bonchev–Trinajstić information content (AvgIpc) is 3.67. The van der Waals surface area contributed by atoms with Crippen LogP contribution in [0.5, 0.6) is 5.75 Å². The van der Waals surface area contributed by atoms with Gasteiger partial charge in [0, 0.05) is 56.0 Å². The van der Waals surface area contributed by atoms with Gasteiger partial charge in [0.15, 0.2) is 0 Å². The van der Waals surface area contributed by atoms with Gasteiger partial charge in [-0.1, -0.05) is 27.7 Å². The zero-order chi connectivity index (χ0) is 39.7. The van der Waals surface area contributed by atoms with E-state index in [1.165, 1.54) is 0 Å². The first-order valence-corrected chi connectivity index (χ1v) is 19.4. The second kappa shape index (κ2) is 13.8. The SMILES string of the molecule is Cc1cc(O[C@H]2C(C)(C)[C@H](NC(=O)c3ccc(N4CCC(CN5Cc6cc7c(cc6C5)C(=O)N(C5CCC(=O)NC5=O)C7=O)CC4)cn3)C2(C)C)ccc1C#N. The Morgan fingerprint density at radius 3 is 2.18 bits per heavy atom. The molecule has 5 heterocycles. The van der Waals surface area contributed by atoms with Crippen molar-refractivity contribution in [1.82, 2.24) is 25.4 Å². The van der Waals surface area contributed by atoms with Crippen molar-refractivity contribution in [3.8, 4) is 11.8 Å². The van der Waals surface area contributed by atoms with Gasteiger partial charge < -0.3 is 15.0 Å². The molecule has 2 aromatic carbocycles. The largest absolute Gasteiger partial charge is 0.489 e. The summed E-state index contributed by atoms with van der Waals surface area (Å²) in [5.41, 5.74) is 4.87. The normalized spacial score (nSPS) is 24.2. The molecule has 8 rings (SSSR count). The molecule has 13 heteroatoms. The maximum Gasteiger partial charge on any atom is 0.270 e. The van der Waals surface area contributed by atoms with Crippen LogP contribution >= 0.6 is 0 Å². The number of piperidine rings is 2. The minimum Gasteiger partial charge on any atom is -0.489 e. The number of hydrogen-bond acceptors (Lipinski definition) is 10. The summed E-state index contributed by atoms with van der Waals surface area (Å²) in [6.07, 6.45) is 3.87. The van der Waals surface area contributed by atoms with E-state index in [0.717, 1.165) is 59.8 Å². The Morgan fingerprint density at radius 2 is 1.61 bits per heavy atom. The molecule has 290 valence electrons. The van der Waals surface area contributed by atoms with Gasteiger partial charge in [-0.25, -0.2) is 4.98 Å². The zero-order valence-corrected chi connectivity index (χ0v) is 32.5. The highest BCUT2D eigenvalue weighted by Crippen LogP contribution is 2.55. The van der Waals surface area contributed by atoms with E-state index < -0.39 is 29.7 Å². The van der Waals surface area contributed by atoms with Gasteiger partial charge in [-0.3, -0.25) is 39.1 Å². The number of pyridine rings is 1. The van der Waals surface area contributed by atoms with Crippen LogP contribution in [0.4, 0.5) is 5.69 Å². The fourth-order valence-electron chi connectivity index (χ4n) is 9.99. The number of nitrogens with one attached hydrogen (secondary N) is 2. The number of nitrogens with zero attached hydrogens (tertiary/aromatic N) is 5. The second-order valence-electron chi connectivity index (χ2n) is 17.3. The van der Waals surface area contributed by atoms with Crippen molar-refractivity contribution in [2.75, 3.05) is 24.5 Å². The minimum absolute atomic E-state index is 0.0931. The maximum absolute atomic E-state index is 13.4. The summed E-state index contributed by atoms with van der Waals surface area (Å²) in [6.45, 7) is 14.3. The Morgan fingerprint density at radius 1 is 0.946 bits per heavy atom. The Hall–Kier alpha value is -5.61. The van der Waals surface area contributed by atoms with Gasteiger partial charge in [-0.15, -0.1) is 0 Å². The summed E-state index contributed by atoms with van der Waals surface area (Å²) >= 11 is 0. The predicted octanol–water partition coefficient (Wildman–Crippen LogP) is 4.51. The predicted molar refractivity (Wildman–Crippen MR) is 206 cm³/mol. The van der Waals surface area contributed by atoms with E-state index in [0.29, 0.717) is 47.1 Å². The van der Waals surface area contributed by atoms with Crippen molar-refractivity contribution in [3.63, 3.8) is 0 Å². The van der Waals surface area contributed by atoms with Crippen LogP contribution in [0.25, 0.3) is 0 Å². The molecular weight excluding hydrogens is 711 g/mol. The molecule has 2 saturated heterocycles. The molecule has 1 unspecified atom stereocenters. The fourth-order valence-corrected chi connectivity index (χ4v) is 9.99. The van der Waals surface area contributed by atoms with Crippen molar-refractivity contribution in [2.24, 2.45) is 16.7 Å². The van der Waals surface area contributed by atoms with E-state index >= 15 is 0 Å². The van der Waals surface area contributed by atoms with Crippen molar-refractivity contribution in [3.05, 3.63) is 87.7 Å². The van der Waals surface area contributed by atoms with Gasteiger partial charge in [0.1, 0.15) is 23.6 Å². The molecule has 13 nitrogen and oxygen atoms in total. The number of aryl methyl sites for hydroxylation is 1. The standard InChI is InChI=1S/C43H47N7O6/c1-24-16-30(8-6-26(24)19-44)56-41-42(2,3)40(43(41,4)5)47-36(52)33-9-7-29(20-45-33)49-14-12-25(13-15-49)21-48-22-27-17-31-32(18-28(27)23-48)39(55)50(38(31)54)34-10-11-35(51)46-37(34)53/h6-9,16-18,20,25,34,40-41H,10-15,21-23H2,1-5H3,(H,47,52)(H,46,51,53)/t34?,40-,41-. The van der Waals surface area contributed by atoms with Crippen LogP contribution in [0.3, 0.4) is 0 Å². The molecule has 4 aliphatic heterocycles. The number of ether oxygens (including phenoxy) is 1. The first-order valence-electron chi connectivity index (χ1n) is 19.4. The highest BCUT2D eigenvalue weighted by Gasteiger charge is 2.64. The molecule has 0 radical (unpaired) electrons. The Kier molecular flexibility index (Phi) is 9.23. The third-order valence-corrected chi connectivity index (χ3v) is 12.7. The average molecular weight is 758 g/mol. The summed E-state index contributed by atoms with van der Waals surface area (Å²) in [5, 5.41) is 14.8. The highest BCUT2D eigenvalue weighted by molar-refractivity contribution is 6.23. The van der Waals surface area contributed by atoms with Crippen molar-refractivity contribution in [2.45, 2.75) is 91.6 Å². The lowest BCUT2D eigenvalue weighted by Gasteiger charge is -2.63. The van der Waals surface area contributed by atoms with Gasteiger partial charge in [-0.2, -0.15) is 5.26 Å². The van der Waals surface area contributed by atoms with Crippen LogP contribution in [0.15, 0.2) is 48.7 Å². The molecule has 3 fully saturated rings. The number of imide groups is 2. The number of amides is 5. The molecule has 1 atom stereocenters. The fraction of sp³-hybridized carbons (Fsp3) is 0.465. The quantitative estimate of drug-likeness (QED) is 0.313. The number of aromatic nitrogens is 1. The number of carbonyl (C=O) groups excluding carboxylic acids is 5. The van der Waals surface area contributed by atoms with Crippen molar-refractivity contribution in [1.29, 1.82) is 5.26 Å². The lowest BCUT2D eigenvalue weighted by molar-refractivity contribution is -0.164. The summed E-state index contributed by atoms with van der Waals surface area (Å²) < 4.78 is 6.44. The summed E-state index contributed by atoms with van der Waals surface area (Å²) in [7, 11) is 0. The van der Waals surface area contributed by atoms with Gasteiger partial charge in [0.25, 0.3) is 17.7 Å². The van der Waals surface area contributed by atoms with Crippen LogP contribution in [0.2, 0.25) is 0 Å². The smallest absolute Gasteiger partial charge is 0.270 e. The molecule has 2 N–H and O–H groups in total. The third kappa shape index (κ3) is 6.39. The van der Waals surface area contributed by atoms with Crippen molar-refractivity contribution >= 4 is 35.2 Å². The third-order valence-electron chi connectivity index (χ3n) is 12.7. The lowest BCUT2D eigenvalue weighted by Crippen LogP contribution is -2.74. The first kappa shape index (κ1) is 37.3. The van der Waals surface area contributed by atoms with Gasteiger partial charge in [0.2, 0.25) is 11.8 Å². The van der Waals surface area contributed by atoms with Gasteiger partial charge >= 0.3 is 0 Å². The monoisotopic (exact) mass is 757 g/mol. The number of rotatable bonds is 8. The van der Waals surface area contributed by atoms with Gasteiger partial charge in [0.05, 0.1) is 34.6 Å². The van der Waals surface area contributed by atoms with E-state index in [2.05, 4.69) is 59.2 Å². The molecule has 5 amide bonds. The van der Waals surface area contributed by atoms with Crippen LogP contribution in [-0.4, -0.2) is 82.1 Å². The number of hydrogen-bond donors (Lipinski definition) is 2. The molecule has 5 aliphatic rings. The zero-order valence-electron chi connectivity index (χ0n) is 32.5. The van der Waals surface area contributed by atoms with Crippen molar-refractivity contribution < 1.29 is 28.7 Å². The lowest BCUT2D eigenvalue weighted by atomic mass is 9.49. The summed E-state index contributed by atoms with van der Waals surface area (Å²) in [5.74, 6) is -0.963. The summed E-state index contributed by atoms with van der Waals surface area (Å²) in [6, 6.07) is 14.0. The van der Waals surface area contributed by atoms with E-state index in [1.54, 1.807) is 18.3 Å². The van der Waals surface area contributed by atoms with Crippen LogP contribution < -0.4 is 20.3 Å². The van der Waals surface area contributed by atoms with Crippen LogP contribution in [0, 0.1) is 35.0 Å². The molecular formula is C43H47N7O6. The molecule has 0 spiro atoms. The van der Waals surface area contributed by atoms with E-state index in [-0.39, 0.29) is 41.7 Å². The Bertz CT molecular complexity index is 2140. The first-order chi connectivity index (χ1) is 26.6. The Labute approximate surface area is 326 Å². The number of carbonyl (C=O) groups is 5. The van der Waals surface area contributed by atoms with Crippen LogP contribution in [-0.2, 0) is 22.7 Å². The van der Waals surface area contributed by atoms with E-state index in [9.17, 15) is 29.2 Å². The molecule has 3 aromatic rings. The van der Waals surface area contributed by atoms with Gasteiger partial charge in [-0.05, 0) is 91.3 Å². The summed E-state index contributed by atoms with van der Waals surface area (Å²) in [4.78, 5) is 74.4. The molecule has 56 heavy (non-hydrogen) atoms. The minimum atomic E-state index is -0.968. The number of nitriles is 1. The highest BCUT2D eigenvalue weighted by atomic mass is 16.5. The van der Waals surface area contributed by atoms with Crippen LogP contribution in [0.1, 0.15) is 107 Å². The molecule has 1 saturated carbocycles. The molecule has 1 aromatic heterocycles. The second-order valence-corrected chi connectivity index (χ2v) is 17.3. The number of anilines is 1. The topological polar surface area (TPSA) is 165 Å². The number of fused-ring (bicyclic) bond motifs is 2. The molecule has 1 aliphatic carbocycles. The Balaban J connectivity index is 0.822. The molecule has 0 bridgehead atoms. The van der Waals surface area contributed by atoms with E-state index in [1.807, 2.05) is 37.3 Å².